The Balaban J connectivity index is 1.45. The summed E-state index contributed by atoms with van der Waals surface area (Å²) in [7, 11) is 1.53. The SMILES string of the molecule is COCCOCCOC(=O)OCN1C(=O)CC[C@]12CC[C@@](CO[C@H](C)c1cc(C(F)(F)F)cc(C(F)(F)F)c1)(c1ccccc1)NC2. The topological polar surface area (TPSA) is 95.6 Å². The van der Waals surface area contributed by atoms with Gasteiger partial charge in [0.25, 0.3) is 0 Å². The number of nitrogens with zero attached hydrogens (tertiary/aromatic N) is 1. The fourth-order valence-corrected chi connectivity index (χ4v) is 5.86. The van der Waals surface area contributed by atoms with Crippen LogP contribution in [0.4, 0.5) is 31.1 Å². The molecule has 260 valence electrons. The number of benzene rings is 2. The van der Waals surface area contributed by atoms with Crippen LogP contribution in [0.1, 0.15) is 61.0 Å². The molecule has 1 amide bonds. The zero-order chi connectivity index (χ0) is 34.3. The lowest BCUT2D eigenvalue weighted by molar-refractivity contribution is -0.143. The zero-order valence-electron chi connectivity index (χ0n) is 26.0. The maximum Gasteiger partial charge on any atom is 0.510 e. The van der Waals surface area contributed by atoms with E-state index in [0.717, 1.165) is 5.56 Å². The van der Waals surface area contributed by atoms with Crippen LogP contribution in [0, 0.1) is 0 Å². The summed E-state index contributed by atoms with van der Waals surface area (Å²) in [6.45, 7) is 2.09. The molecule has 2 saturated heterocycles. The summed E-state index contributed by atoms with van der Waals surface area (Å²) in [4.78, 5) is 26.5. The largest absolute Gasteiger partial charge is 0.510 e. The van der Waals surface area contributed by atoms with Gasteiger partial charge in [-0.1, -0.05) is 30.3 Å². The Hall–Kier alpha value is -3.40. The van der Waals surface area contributed by atoms with Gasteiger partial charge < -0.3 is 33.9 Å². The molecular formula is C32H38F6N2O7. The van der Waals surface area contributed by atoms with E-state index in [1.165, 1.54) is 18.9 Å². The maximum atomic E-state index is 13.5. The number of hydrogen-bond donors (Lipinski definition) is 1. The highest BCUT2D eigenvalue weighted by Crippen LogP contribution is 2.43. The van der Waals surface area contributed by atoms with Gasteiger partial charge in [0.2, 0.25) is 5.91 Å². The molecule has 0 aliphatic carbocycles. The van der Waals surface area contributed by atoms with Gasteiger partial charge in [0.15, 0.2) is 6.73 Å². The Labute approximate surface area is 268 Å². The number of halogens is 6. The van der Waals surface area contributed by atoms with E-state index in [1.54, 1.807) is 0 Å². The fraction of sp³-hybridized carbons (Fsp3) is 0.562. The van der Waals surface area contributed by atoms with Crippen LogP contribution in [0.25, 0.3) is 0 Å². The van der Waals surface area contributed by atoms with E-state index in [0.29, 0.717) is 44.6 Å². The van der Waals surface area contributed by atoms with Gasteiger partial charge >= 0.3 is 18.5 Å². The number of amides is 1. The molecule has 9 nitrogen and oxygen atoms in total. The Morgan fingerprint density at radius 3 is 2.17 bits per heavy atom. The molecular weight excluding hydrogens is 638 g/mol. The second kappa shape index (κ2) is 15.2. The highest BCUT2D eigenvalue weighted by atomic mass is 19.4. The van der Waals surface area contributed by atoms with Crippen LogP contribution in [0.15, 0.2) is 48.5 Å². The molecule has 0 bridgehead atoms. The molecule has 0 unspecified atom stereocenters. The van der Waals surface area contributed by atoms with E-state index in [9.17, 15) is 35.9 Å². The van der Waals surface area contributed by atoms with Crippen molar-refractivity contribution in [2.75, 3.05) is 53.4 Å². The normalized spacial score (nSPS) is 22.5. The maximum absolute atomic E-state index is 13.5. The van der Waals surface area contributed by atoms with Crippen molar-refractivity contribution in [2.24, 2.45) is 0 Å². The van der Waals surface area contributed by atoms with Gasteiger partial charge in [-0.05, 0) is 55.5 Å². The Bertz CT molecular complexity index is 1320. The molecule has 1 N–H and O–H groups in total. The quantitative estimate of drug-likeness (QED) is 0.152. The van der Waals surface area contributed by atoms with E-state index >= 15 is 0 Å². The van der Waals surface area contributed by atoms with Gasteiger partial charge in [0, 0.05) is 20.1 Å². The molecule has 2 aromatic carbocycles. The first-order valence-electron chi connectivity index (χ1n) is 15.1. The van der Waals surface area contributed by atoms with Crippen LogP contribution in [-0.2, 0) is 46.4 Å². The molecule has 2 heterocycles. The van der Waals surface area contributed by atoms with Gasteiger partial charge in [-0.2, -0.15) is 26.3 Å². The molecule has 0 radical (unpaired) electrons. The monoisotopic (exact) mass is 676 g/mol. The minimum atomic E-state index is -4.98. The third-order valence-electron chi connectivity index (χ3n) is 8.63. The van der Waals surface area contributed by atoms with Gasteiger partial charge in [-0.3, -0.25) is 4.79 Å². The third kappa shape index (κ3) is 9.15. The Morgan fingerprint density at radius 2 is 1.57 bits per heavy atom. The van der Waals surface area contributed by atoms with E-state index in [4.69, 9.17) is 23.7 Å². The molecule has 15 heteroatoms. The second-order valence-corrected chi connectivity index (χ2v) is 11.6. The van der Waals surface area contributed by atoms with Crippen LogP contribution in [0.2, 0.25) is 0 Å². The van der Waals surface area contributed by atoms with Crippen molar-refractivity contribution in [1.29, 1.82) is 0 Å². The summed E-state index contributed by atoms with van der Waals surface area (Å²) in [5.74, 6) is -0.204. The molecule has 2 fully saturated rings. The summed E-state index contributed by atoms with van der Waals surface area (Å²) >= 11 is 0. The average Bonchev–Trinajstić information content (AvgIpc) is 3.34. The number of methoxy groups -OCH3 is 1. The molecule has 2 aliphatic rings. The van der Waals surface area contributed by atoms with Crippen molar-refractivity contribution in [1.82, 2.24) is 10.2 Å². The third-order valence-corrected chi connectivity index (χ3v) is 8.63. The number of nitrogens with one attached hydrogen (secondary N) is 1. The van der Waals surface area contributed by atoms with Crippen LogP contribution in [0.5, 0.6) is 0 Å². The lowest BCUT2D eigenvalue weighted by Gasteiger charge is -2.49. The lowest BCUT2D eigenvalue weighted by Crippen LogP contribution is -2.63. The average molecular weight is 677 g/mol. The number of likely N-dealkylation sites (tertiary alicyclic amines) is 1. The first kappa shape index (κ1) is 36.4. The van der Waals surface area contributed by atoms with Crippen molar-refractivity contribution in [3.63, 3.8) is 0 Å². The van der Waals surface area contributed by atoms with Crippen LogP contribution < -0.4 is 5.32 Å². The molecule has 2 aromatic rings. The smallest absolute Gasteiger partial charge is 0.432 e. The first-order valence-corrected chi connectivity index (χ1v) is 15.1. The molecule has 2 aliphatic heterocycles. The minimum absolute atomic E-state index is 0.0424. The van der Waals surface area contributed by atoms with Crippen LogP contribution >= 0.6 is 0 Å². The molecule has 3 atom stereocenters. The summed E-state index contributed by atoms with van der Waals surface area (Å²) in [5.41, 5.74) is -3.88. The number of carbonyl (C=O) groups is 2. The van der Waals surface area contributed by atoms with Crippen LogP contribution in [0.3, 0.4) is 0 Å². The standard InChI is InChI=1S/C32H38F6N2O7/c1-22(23-16-25(31(33,34)35)18-26(17-23)32(36,37)38)46-20-30(24-6-4-3-5-7-24)11-10-29(19-39-30)9-8-27(41)40(29)21-47-28(42)45-15-14-44-13-12-43-2/h3-7,16-18,22,39H,8-15,19-21H2,1-2H3/t22-,29-,30-/m1/s1. The van der Waals surface area contributed by atoms with Crippen molar-refractivity contribution in [2.45, 2.75) is 62.1 Å². The van der Waals surface area contributed by atoms with Gasteiger partial charge in [-0.25, -0.2) is 4.79 Å². The van der Waals surface area contributed by atoms with E-state index in [-0.39, 0.29) is 57.1 Å². The number of rotatable bonds is 13. The van der Waals surface area contributed by atoms with Crippen molar-refractivity contribution < 1.29 is 59.6 Å². The van der Waals surface area contributed by atoms with Crippen LogP contribution in [-0.4, -0.2) is 75.9 Å². The highest BCUT2D eigenvalue weighted by Gasteiger charge is 2.51. The number of piperidine rings is 1. The van der Waals surface area contributed by atoms with E-state index in [2.05, 4.69) is 5.32 Å². The highest BCUT2D eigenvalue weighted by molar-refractivity contribution is 5.80. The van der Waals surface area contributed by atoms with Crippen molar-refractivity contribution in [3.8, 4) is 0 Å². The Morgan fingerprint density at radius 1 is 0.915 bits per heavy atom. The zero-order valence-corrected chi connectivity index (χ0v) is 26.0. The summed E-state index contributed by atoms with van der Waals surface area (Å²) in [5, 5.41) is 3.48. The fourth-order valence-electron chi connectivity index (χ4n) is 5.86. The van der Waals surface area contributed by atoms with E-state index in [1.807, 2.05) is 30.3 Å². The molecule has 0 aromatic heterocycles. The minimum Gasteiger partial charge on any atom is -0.432 e. The summed E-state index contributed by atoms with van der Waals surface area (Å²) in [6.07, 6.45) is -10.5. The van der Waals surface area contributed by atoms with Gasteiger partial charge in [0.1, 0.15) is 6.61 Å². The van der Waals surface area contributed by atoms with Gasteiger partial charge in [0.05, 0.1) is 54.7 Å². The predicted octanol–water partition coefficient (Wildman–Crippen LogP) is 6.22. The van der Waals surface area contributed by atoms with Crippen molar-refractivity contribution >= 4 is 12.1 Å². The molecule has 4 rings (SSSR count). The number of ether oxygens (including phenoxy) is 5. The summed E-state index contributed by atoms with van der Waals surface area (Å²) in [6, 6.07) is 10.5. The first-order chi connectivity index (χ1) is 22.2. The lowest BCUT2D eigenvalue weighted by atomic mass is 9.75. The predicted molar refractivity (Wildman–Crippen MR) is 155 cm³/mol. The van der Waals surface area contributed by atoms with E-state index < -0.39 is 46.8 Å². The summed E-state index contributed by atoms with van der Waals surface area (Å²) < 4.78 is 107. The number of alkyl halides is 6. The van der Waals surface area contributed by atoms with Crippen molar-refractivity contribution in [3.05, 3.63) is 70.8 Å². The van der Waals surface area contributed by atoms with Gasteiger partial charge in [-0.15, -0.1) is 0 Å². The molecule has 47 heavy (non-hydrogen) atoms. The second-order valence-electron chi connectivity index (χ2n) is 11.6. The molecule has 1 spiro atoms. The molecule has 0 saturated carbocycles. The number of hydrogen-bond acceptors (Lipinski definition) is 8. The number of carbonyl (C=O) groups excluding carboxylic acids is 2. The Kier molecular flexibility index (Phi) is 11.8.